The van der Waals surface area contributed by atoms with Crippen LogP contribution in [-0.4, -0.2) is 34.1 Å². The number of nitrogens with one attached hydrogen (secondary N) is 1. The lowest BCUT2D eigenvalue weighted by atomic mass is 9.95. The van der Waals surface area contributed by atoms with Gasteiger partial charge in [0, 0.05) is 5.41 Å². The SMILES string of the molecule is CC(C)(C)C(=O)N[C@@H](CC(=O)O)C(=O)O. The van der Waals surface area contributed by atoms with Gasteiger partial charge < -0.3 is 15.5 Å². The van der Waals surface area contributed by atoms with E-state index in [1.54, 1.807) is 20.8 Å². The predicted octanol–water partition coefficient (Wildman–Crippen LogP) is 0.0766. The van der Waals surface area contributed by atoms with Crippen molar-refractivity contribution in [1.29, 1.82) is 0 Å². The van der Waals surface area contributed by atoms with E-state index in [1.807, 2.05) is 0 Å². The van der Waals surface area contributed by atoms with Gasteiger partial charge in [-0.05, 0) is 0 Å². The van der Waals surface area contributed by atoms with Gasteiger partial charge in [-0.2, -0.15) is 0 Å². The molecule has 0 aliphatic carbocycles. The first-order valence-electron chi connectivity index (χ1n) is 4.40. The Morgan fingerprint density at radius 3 is 1.93 bits per heavy atom. The molecule has 15 heavy (non-hydrogen) atoms. The highest BCUT2D eigenvalue weighted by atomic mass is 16.4. The van der Waals surface area contributed by atoms with Crippen molar-refractivity contribution in [3.05, 3.63) is 0 Å². The van der Waals surface area contributed by atoms with E-state index in [9.17, 15) is 14.4 Å². The molecule has 1 atom stereocenters. The number of hydrogen-bond donors (Lipinski definition) is 3. The van der Waals surface area contributed by atoms with E-state index in [1.165, 1.54) is 0 Å². The van der Waals surface area contributed by atoms with E-state index >= 15 is 0 Å². The van der Waals surface area contributed by atoms with Gasteiger partial charge in [0.2, 0.25) is 5.91 Å². The van der Waals surface area contributed by atoms with E-state index in [-0.39, 0.29) is 0 Å². The van der Waals surface area contributed by atoms with Gasteiger partial charge in [0.05, 0.1) is 6.42 Å². The standard InChI is InChI=1S/C9H15NO5/c1-9(2,3)8(15)10-5(7(13)14)4-6(11)12/h5H,4H2,1-3H3,(H,10,15)(H,11,12)(H,13,14)/t5-/m0/s1. The maximum absolute atomic E-state index is 11.4. The van der Waals surface area contributed by atoms with Crippen LogP contribution in [-0.2, 0) is 14.4 Å². The number of carbonyl (C=O) groups is 3. The molecule has 0 heterocycles. The molecule has 0 aliphatic heterocycles. The molecule has 6 heteroatoms. The van der Waals surface area contributed by atoms with Crippen LogP contribution in [0.4, 0.5) is 0 Å². The first-order valence-corrected chi connectivity index (χ1v) is 4.40. The van der Waals surface area contributed by atoms with E-state index in [4.69, 9.17) is 10.2 Å². The van der Waals surface area contributed by atoms with E-state index < -0.39 is 35.7 Å². The fraction of sp³-hybridized carbons (Fsp3) is 0.667. The number of carboxylic acids is 2. The summed E-state index contributed by atoms with van der Waals surface area (Å²) < 4.78 is 0. The lowest BCUT2D eigenvalue weighted by molar-refractivity contribution is -0.148. The summed E-state index contributed by atoms with van der Waals surface area (Å²) in [5.41, 5.74) is -0.744. The lowest BCUT2D eigenvalue weighted by Gasteiger charge is -2.20. The second kappa shape index (κ2) is 4.77. The highest BCUT2D eigenvalue weighted by Crippen LogP contribution is 2.13. The molecule has 0 aromatic carbocycles. The molecule has 1 amide bonds. The van der Waals surface area contributed by atoms with Crippen LogP contribution in [0.15, 0.2) is 0 Å². The van der Waals surface area contributed by atoms with Crippen LogP contribution in [0.3, 0.4) is 0 Å². The first kappa shape index (κ1) is 13.4. The number of carbonyl (C=O) groups excluding carboxylic acids is 1. The molecule has 0 spiro atoms. The molecule has 3 N–H and O–H groups in total. The van der Waals surface area contributed by atoms with Crippen LogP contribution in [0.1, 0.15) is 27.2 Å². The van der Waals surface area contributed by atoms with Crippen molar-refractivity contribution < 1.29 is 24.6 Å². The molecule has 0 bridgehead atoms. The highest BCUT2D eigenvalue weighted by Gasteiger charge is 2.28. The van der Waals surface area contributed by atoms with Crippen molar-refractivity contribution in [2.75, 3.05) is 0 Å². The van der Waals surface area contributed by atoms with Crippen molar-refractivity contribution in [1.82, 2.24) is 5.32 Å². The van der Waals surface area contributed by atoms with Crippen molar-refractivity contribution >= 4 is 17.8 Å². The van der Waals surface area contributed by atoms with Crippen molar-refractivity contribution in [3.8, 4) is 0 Å². The predicted molar refractivity (Wildman–Crippen MR) is 51.3 cm³/mol. The van der Waals surface area contributed by atoms with Gasteiger partial charge in [-0.3, -0.25) is 9.59 Å². The van der Waals surface area contributed by atoms with Crippen molar-refractivity contribution in [2.24, 2.45) is 5.41 Å². The first-order chi connectivity index (χ1) is 6.64. The van der Waals surface area contributed by atoms with Crippen LogP contribution in [0, 0.1) is 5.41 Å². The summed E-state index contributed by atoms with van der Waals surface area (Å²) in [6.45, 7) is 4.84. The quantitative estimate of drug-likeness (QED) is 0.618. The molecule has 0 aromatic rings. The Labute approximate surface area is 87.3 Å². The van der Waals surface area contributed by atoms with Crippen LogP contribution in [0.25, 0.3) is 0 Å². The second-order valence-electron chi connectivity index (χ2n) is 4.21. The minimum Gasteiger partial charge on any atom is -0.481 e. The Kier molecular flexibility index (Phi) is 4.26. The molecule has 0 fully saturated rings. The molecule has 0 saturated heterocycles. The summed E-state index contributed by atoms with van der Waals surface area (Å²) >= 11 is 0. The Morgan fingerprint density at radius 1 is 1.20 bits per heavy atom. The van der Waals surface area contributed by atoms with Gasteiger partial charge in [-0.15, -0.1) is 0 Å². The number of amides is 1. The Morgan fingerprint density at radius 2 is 1.67 bits per heavy atom. The fourth-order valence-corrected chi connectivity index (χ4v) is 0.749. The molecular weight excluding hydrogens is 202 g/mol. The zero-order chi connectivity index (χ0) is 12.2. The van der Waals surface area contributed by atoms with E-state index in [0.29, 0.717) is 0 Å². The minimum absolute atomic E-state index is 0.490. The monoisotopic (exact) mass is 217 g/mol. The Balaban J connectivity index is 4.50. The molecule has 0 aliphatic rings. The van der Waals surface area contributed by atoms with Gasteiger partial charge in [0.15, 0.2) is 0 Å². The number of carboxylic acid groups (broad SMARTS) is 2. The third-order valence-electron chi connectivity index (χ3n) is 1.66. The smallest absolute Gasteiger partial charge is 0.326 e. The molecular formula is C9H15NO5. The summed E-state index contributed by atoms with van der Waals surface area (Å²) in [6, 6.07) is -1.38. The zero-order valence-corrected chi connectivity index (χ0v) is 8.90. The summed E-state index contributed by atoms with van der Waals surface area (Å²) in [5.74, 6) is -3.11. The molecule has 0 rings (SSSR count). The fourth-order valence-electron chi connectivity index (χ4n) is 0.749. The maximum Gasteiger partial charge on any atom is 0.326 e. The molecule has 0 unspecified atom stereocenters. The van der Waals surface area contributed by atoms with Gasteiger partial charge in [-0.25, -0.2) is 4.79 Å². The molecule has 0 saturated carbocycles. The molecule has 6 nitrogen and oxygen atoms in total. The normalized spacial score (nSPS) is 13.0. The van der Waals surface area contributed by atoms with Gasteiger partial charge in [-0.1, -0.05) is 20.8 Å². The van der Waals surface area contributed by atoms with Gasteiger partial charge >= 0.3 is 11.9 Å². The van der Waals surface area contributed by atoms with Crippen LogP contribution >= 0.6 is 0 Å². The van der Waals surface area contributed by atoms with E-state index in [2.05, 4.69) is 5.32 Å². The molecule has 86 valence electrons. The van der Waals surface area contributed by atoms with Gasteiger partial charge in [0.25, 0.3) is 0 Å². The second-order valence-corrected chi connectivity index (χ2v) is 4.21. The van der Waals surface area contributed by atoms with Gasteiger partial charge in [0.1, 0.15) is 6.04 Å². The summed E-state index contributed by atoms with van der Waals surface area (Å²) in [7, 11) is 0. The number of hydrogen-bond acceptors (Lipinski definition) is 3. The van der Waals surface area contributed by atoms with E-state index in [0.717, 1.165) is 0 Å². The number of rotatable bonds is 4. The average molecular weight is 217 g/mol. The van der Waals surface area contributed by atoms with Crippen LogP contribution < -0.4 is 5.32 Å². The molecule has 0 radical (unpaired) electrons. The van der Waals surface area contributed by atoms with Crippen molar-refractivity contribution in [2.45, 2.75) is 33.2 Å². The average Bonchev–Trinajstić information content (AvgIpc) is 1.99. The summed E-state index contributed by atoms with van der Waals surface area (Å²) in [5, 5.41) is 19.3. The Hall–Kier alpha value is -1.59. The third-order valence-corrected chi connectivity index (χ3v) is 1.66. The summed E-state index contributed by atoms with van der Waals surface area (Å²) in [4.78, 5) is 32.3. The largest absolute Gasteiger partial charge is 0.481 e. The number of aliphatic carboxylic acids is 2. The summed E-state index contributed by atoms with van der Waals surface area (Å²) in [6.07, 6.45) is -0.628. The maximum atomic E-state index is 11.4. The minimum atomic E-state index is -1.38. The van der Waals surface area contributed by atoms with Crippen molar-refractivity contribution in [3.63, 3.8) is 0 Å². The highest BCUT2D eigenvalue weighted by molar-refractivity contribution is 5.88. The van der Waals surface area contributed by atoms with Crippen LogP contribution in [0.5, 0.6) is 0 Å². The molecule has 0 aromatic heterocycles. The topological polar surface area (TPSA) is 104 Å². The third kappa shape index (κ3) is 4.99. The van der Waals surface area contributed by atoms with Crippen LogP contribution in [0.2, 0.25) is 0 Å². The zero-order valence-electron chi connectivity index (χ0n) is 8.90. The Bertz CT molecular complexity index is 279. The lowest BCUT2D eigenvalue weighted by Crippen LogP contribution is -2.46.